The van der Waals surface area contributed by atoms with Crippen molar-refractivity contribution >= 4 is 45.3 Å². The number of aliphatic imine (C=N–C) groups is 3. The van der Waals surface area contributed by atoms with Crippen LogP contribution in [0.3, 0.4) is 0 Å². The Morgan fingerprint density at radius 1 is 0.610 bits per heavy atom. The van der Waals surface area contributed by atoms with Crippen molar-refractivity contribution in [1.82, 2.24) is 5.32 Å². The van der Waals surface area contributed by atoms with Crippen LogP contribution in [0.1, 0.15) is 45.6 Å². The van der Waals surface area contributed by atoms with Gasteiger partial charge in [0.25, 0.3) is 0 Å². The third-order valence-corrected chi connectivity index (χ3v) is 9.10. The second-order valence-electron chi connectivity index (χ2n) is 10.4. The molecule has 4 nitrogen and oxygen atoms in total. The highest BCUT2D eigenvalue weighted by atomic mass is 32.2. The van der Waals surface area contributed by atoms with E-state index in [4.69, 9.17) is 15.0 Å². The summed E-state index contributed by atoms with van der Waals surface area (Å²) < 4.78 is 0. The minimum Gasteiger partial charge on any atom is -0.324 e. The van der Waals surface area contributed by atoms with E-state index >= 15 is 0 Å². The zero-order valence-electron chi connectivity index (χ0n) is 22.2. The van der Waals surface area contributed by atoms with Crippen molar-refractivity contribution in [2.24, 2.45) is 15.0 Å². The molecule has 0 radical (unpaired) electrons. The summed E-state index contributed by atoms with van der Waals surface area (Å²) >= 11 is 1.86. The summed E-state index contributed by atoms with van der Waals surface area (Å²) in [6.07, 6.45) is 4.26. The van der Waals surface area contributed by atoms with Crippen LogP contribution in [0.15, 0.2) is 142 Å². The summed E-state index contributed by atoms with van der Waals surface area (Å²) in [4.78, 5) is 15.3. The fourth-order valence-electron chi connectivity index (χ4n) is 5.83. The maximum Gasteiger partial charge on any atom is 0.169 e. The van der Waals surface area contributed by atoms with Crippen LogP contribution in [0.25, 0.3) is 16.8 Å². The largest absolute Gasteiger partial charge is 0.324 e. The van der Waals surface area contributed by atoms with Gasteiger partial charge in [-0.1, -0.05) is 139 Å². The van der Waals surface area contributed by atoms with E-state index in [1.54, 1.807) is 0 Å². The molecular weight excluding hydrogens is 520 g/mol. The molecule has 0 saturated heterocycles. The lowest BCUT2D eigenvalue weighted by Crippen LogP contribution is -2.36. The van der Waals surface area contributed by atoms with Crippen LogP contribution in [0.5, 0.6) is 0 Å². The van der Waals surface area contributed by atoms with Crippen LogP contribution in [0, 0.1) is 0 Å². The van der Waals surface area contributed by atoms with E-state index < -0.39 is 0 Å². The minimum absolute atomic E-state index is 0.106. The average Bonchev–Trinajstić information content (AvgIpc) is 3.50. The smallest absolute Gasteiger partial charge is 0.169 e. The Balaban J connectivity index is 1.20. The molecule has 5 heteroatoms. The molecule has 5 aromatic rings. The highest BCUT2D eigenvalue weighted by molar-refractivity contribution is 8.15. The van der Waals surface area contributed by atoms with Gasteiger partial charge in [-0.3, -0.25) is 4.99 Å². The first-order valence-electron chi connectivity index (χ1n) is 13.9. The molecule has 0 fully saturated rings. The molecule has 2 heterocycles. The van der Waals surface area contributed by atoms with E-state index in [2.05, 4.69) is 102 Å². The predicted molar refractivity (Wildman–Crippen MR) is 172 cm³/mol. The SMILES string of the molecule is C1=CC2SC(c3ccccc3)=NC2c2c1ccc1cc(C3=NC(c4ccccc4)N=C(c4ccccc4)N3)ccc21. The molecular formula is C36H26N4S. The van der Waals surface area contributed by atoms with Gasteiger partial charge in [-0.05, 0) is 33.5 Å². The van der Waals surface area contributed by atoms with E-state index in [9.17, 15) is 0 Å². The van der Waals surface area contributed by atoms with Crippen molar-refractivity contribution in [3.8, 4) is 0 Å². The molecule has 0 spiro atoms. The number of rotatable bonds is 4. The van der Waals surface area contributed by atoms with Crippen molar-refractivity contribution < 1.29 is 0 Å². The quantitative estimate of drug-likeness (QED) is 0.249. The molecule has 3 unspecified atom stereocenters. The highest BCUT2D eigenvalue weighted by Crippen LogP contribution is 2.47. The van der Waals surface area contributed by atoms with Gasteiger partial charge in [0.15, 0.2) is 6.17 Å². The van der Waals surface area contributed by atoms with Gasteiger partial charge in [0.05, 0.1) is 16.3 Å². The van der Waals surface area contributed by atoms with E-state index in [0.29, 0.717) is 5.25 Å². The van der Waals surface area contributed by atoms with Crippen molar-refractivity contribution in [3.63, 3.8) is 0 Å². The van der Waals surface area contributed by atoms with Crippen molar-refractivity contribution in [1.29, 1.82) is 0 Å². The number of amidine groups is 2. The molecule has 1 N–H and O–H groups in total. The van der Waals surface area contributed by atoms with Crippen LogP contribution in [0.4, 0.5) is 0 Å². The minimum atomic E-state index is -0.311. The molecule has 196 valence electrons. The molecule has 5 aromatic carbocycles. The van der Waals surface area contributed by atoms with Gasteiger partial charge in [0.2, 0.25) is 0 Å². The van der Waals surface area contributed by atoms with Gasteiger partial charge in [0, 0.05) is 16.7 Å². The lowest BCUT2D eigenvalue weighted by molar-refractivity contribution is 0.756. The second kappa shape index (κ2) is 10.0. The molecule has 0 amide bonds. The second-order valence-corrected chi connectivity index (χ2v) is 11.6. The van der Waals surface area contributed by atoms with Crippen molar-refractivity contribution in [2.75, 3.05) is 0 Å². The standard InChI is InChI=1S/C36H26N4S/c1-4-10-24(11-5-1)33-38-34(25-12-6-2-7-13-25)40-35(39-33)28-18-20-29-27(22-28)17-16-23-19-21-30-32(31(23)29)37-36(41-30)26-14-8-3-9-15-26/h1-22,30,32-33H,(H,38,39,40). The Hall–Kier alpha value is -4.74. The van der Waals surface area contributed by atoms with Crippen LogP contribution >= 0.6 is 11.8 Å². The summed E-state index contributed by atoms with van der Waals surface area (Å²) in [7, 11) is 0. The Kier molecular flexibility index (Phi) is 5.89. The van der Waals surface area contributed by atoms with E-state index in [0.717, 1.165) is 33.4 Å². The van der Waals surface area contributed by atoms with Crippen LogP contribution in [-0.2, 0) is 0 Å². The lowest BCUT2D eigenvalue weighted by Gasteiger charge is -2.24. The third-order valence-electron chi connectivity index (χ3n) is 7.85. The highest BCUT2D eigenvalue weighted by Gasteiger charge is 2.34. The molecule has 0 saturated carbocycles. The number of fused-ring (bicyclic) bond motifs is 5. The fraction of sp³-hybridized carbons (Fsp3) is 0.0833. The molecule has 3 aliphatic rings. The molecule has 0 aromatic heterocycles. The molecule has 3 atom stereocenters. The zero-order chi connectivity index (χ0) is 27.2. The van der Waals surface area contributed by atoms with Gasteiger partial charge in [-0.25, -0.2) is 9.98 Å². The van der Waals surface area contributed by atoms with E-state index in [-0.39, 0.29) is 12.2 Å². The number of thioether (sulfide) groups is 1. The molecule has 2 aliphatic heterocycles. The van der Waals surface area contributed by atoms with Crippen molar-refractivity contribution in [3.05, 3.63) is 161 Å². The number of hydrogen-bond acceptors (Lipinski definition) is 5. The van der Waals surface area contributed by atoms with Crippen LogP contribution < -0.4 is 5.32 Å². The monoisotopic (exact) mass is 546 g/mol. The molecule has 8 rings (SSSR count). The molecule has 0 bridgehead atoms. The van der Waals surface area contributed by atoms with Gasteiger partial charge < -0.3 is 5.32 Å². The van der Waals surface area contributed by atoms with Gasteiger partial charge in [-0.15, -0.1) is 0 Å². The van der Waals surface area contributed by atoms with Crippen LogP contribution in [0.2, 0.25) is 0 Å². The maximum atomic E-state index is 5.25. The summed E-state index contributed by atoms with van der Waals surface area (Å²) in [5.74, 6) is 1.65. The Morgan fingerprint density at radius 3 is 2.05 bits per heavy atom. The number of nitrogens with one attached hydrogen (secondary N) is 1. The molecule has 41 heavy (non-hydrogen) atoms. The first-order chi connectivity index (χ1) is 20.3. The van der Waals surface area contributed by atoms with Gasteiger partial charge >= 0.3 is 0 Å². The van der Waals surface area contributed by atoms with Crippen molar-refractivity contribution in [2.45, 2.75) is 17.5 Å². The lowest BCUT2D eigenvalue weighted by atomic mass is 9.87. The van der Waals surface area contributed by atoms with Gasteiger partial charge in [0.1, 0.15) is 11.7 Å². The predicted octanol–water partition coefficient (Wildman–Crippen LogP) is 7.97. The zero-order valence-corrected chi connectivity index (χ0v) is 23.0. The average molecular weight is 547 g/mol. The maximum absolute atomic E-state index is 5.25. The van der Waals surface area contributed by atoms with E-state index in [1.807, 2.05) is 48.2 Å². The first-order valence-corrected chi connectivity index (χ1v) is 14.8. The fourth-order valence-corrected chi connectivity index (χ4v) is 7.01. The number of hydrogen-bond donors (Lipinski definition) is 1. The van der Waals surface area contributed by atoms with Crippen LogP contribution in [-0.4, -0.2) is 22.0 Å². The summed E-state index contributed by atoms with van der Waals surface area (Å²) in [6.45, 7) is 0. The topological polar surface area (TPSA) is 49.1 Å². The summed E-state index contributed by atoms with van der Waals surface area (Å²) in [5.41, 5.74) is 6.90. The third kappa shape index (κ3) is 4.39. The Labute approximate surface area is 243 Å². The number of benzene rings is 5. The summed E-state index contributed by atoms with van der Waals surface area (Å²) in [5, 5.41) is 7.40. The molecule has 1 aliphatic carbocycles. The van der Waals surface area contributed by atoms with Gasteiger partial charge in [-0.2, -0.15) is 0 Å². The first kappa shape index (κ1) is 24.1. The Morgan fingerprint density at radius 2 is 1.29 bits per heavy atom. The Bertz CT molecular complexity index is 1890. The summed E-state index contributed by atoms with van der Waals surface area (Å²) in [6, 6.07) is 42.3. The normalized spacial score (nSPS) is 20.9. The van der Waals surface area contributed by atoms with E-state index in [1.165, 1.54) is 27.5 Å². The number of nitrogens with zero attached hydrogens (tertiary/aromatic N) is 3.